The fourth-order valence-electron chi connectivity index (χ4n) is 2.75. The van der Waals surface area contributed by atoms with Gasteiger partial charge in [-0.05, 0) is 61.5 Å². The van der Waals surface area contributed by atoms with Crippen LogP contribution in [0.15, 0.2) is 77.7 Å². The molecule has 0 aliphatic rings. The molecule has 2 amide bonds. The molecule has 3 aromatic rings. The molecule has 0 spiro atoms. The highest BCUT2D eigenvalue weighted by Crippen LogP contribution is 2.30. The van der Waals surface area contributed by atoms with Gasteiger partial charge in [0.1, 0.15) is 11.5 Å². The maximum Gasteiger partial charge on any atom is 0.262 e. The van der Waals surface area contributed by atoms with Gasteiger partial charge >= 0.3 is 0 Å². The van der Waals surface area contributed by atoms with E-state index in [2.05, 4.69) is 10.6 Å². The molecule has 0 fully saturated rings. The van der Waals surface area contributed by atoms with E-state index in [0.717, 1.165) is 4.90 Å². The fourth-order valence-corrected chi connectivity index (χ4v) is 3.79. The molecule has 1 unspecified atom stereocenters. The van der Waals surface area contributed by atoms with Gasteiger partial charge < -0.3 is 20.1 Å². The van der Waals surface area contributed by atoms with Crippen LogP contribution in [0.2, 0.25) is 5.02 Å². The number of anilines is 2. The van der Waals surface area contributed by atoms with Crippen molar-refractivity contribution in [1.82, 2.24) is 0 Å². The Morgan fingerprint density at radius 3 is 2.41 bits per heavy atom. The Balaban J connectivity index is 1.50. The predicted molar refractivity (Wildman–Crippen MR) is 129 cm³/mol. The van der Waals surface area contributed by atoms with Crippen LogP contribution in [0.1, 0.15) is 6.92 Å². The third-order valence-corrected chi connectivity index (χ3v) is 5.70. The lowest BCUT2D eigenvalue weighted by molar-refractivity contribution is -0.118. The molecule has 3 rings (SSSR count). The van der Waals surface area contributed by atoms with Crippen molar-refractivity contribution in [2.24, 2.45) is 0 Å². The number of methoxy groups -OCH3 is 1. The lowest BCUT2D eigenvalue weighted by Crippen LogP contribution is -2.22. The number of rotatable bonds is 9. The van der Waals surface area contributed by atoms with E-state index < -0.39 is 0 Å². The van der Waals surface area contributed by atoms with Crippen LogP contribution in [0.25, 0.3) is 0 Å². The summed E-state index contributed by atoms with van der Waals surface area (Å²) in [5, 5.41) is 5.78. The van der Waals surface area contributed by atoms with Crippen molar-refractivity contribution in [3.05, 3.63) is 77.8 Å². The summed E-state index contributed by atoms with van der Waals surface area (Å²) < 4.78 is 10.7. The molecule has 0 bridgehead atoms. The SMILES string of the molecule is COc1ccc(Cl)cc1NC(=O)C(C)Sc1ccc(NC(=O)COc2ccccc2)cc1. The van der Waals surface area contributed by atoms with Crippen LogP contribution < -0.4 is 20.1 Å². The maximum atomic E-state index is 12.6. The van der Waals surface area contributed by atoms with Crippen LogP contribution in [0.4, 0.5) is 11.4 Å². The molecule has 0 aliphatic heterocycles. The van der Waals surface area contributed by atoms with Gasteiger partial charge in [0.15, 0.2) is 6.61 Å². The first-order valence-corrected chi connectivity index (χ1v) is 11.1. The summed E-state index contributed by atoms with van der Waals surface area (Å²) in [6.07, 6.45) is 0. The highest BCUT2D eigenvalue weighted by atomic mass is 35.5. The van der Waals surface area contributed by atoms with Gasteiger partial charge in [0, 0.05) is 15.6 Å². The molecule has 0 heterocycles. The van der Waals surface area contributed by atoms with E-state index in [0.29, 0.717) is 27.9 Å². The summed E-state index contributed by atoms with van der Waals surface area (Å²) in [7, 11) is 1.53. The monoisotopic (exact) mass is 470 g/mol. The Kier molecular flexibility index (Phi) is 8.41. The highest BCUT2D eigenvalue weighted by molar-refractivity contribution is 8.00. The number of halogens is 1. The van der Waals surface area contributed by atoms with E-state index in [1.807, 2.05) is 37.3 Å². The van der Waals surface area contributed by atoms with E-state index >= 15 is 0 Å². The Morgan fingerprint density at radius 2 is 1.72 bits per heavy atom. The molecular formula is C24H23ClN2O4S. The predicted octanol–water partition coefficient (Wildman–Crippen LogP) is 5.49. The molecule has 1 atom stereocenters. The zero-order valence-electron chi connectivity index (χ0n) is 17.6. The molecule has 2 N–H and O–H groups in total. The first-order chi connectivity index (χ1) is 15.4. The first-order valence-electron chi connectivity index (χ1n) is 9.83. The molecular weight excluding hydrogens is 448 g/mol. The lowest BCUT2D eigenvalue weighted by Gasteiger charge is -2.15. The minimum absolute atomic E-state index is 0.0787. The number of hydrogen-bond donors (Lipinski definition) is 2. The molecule has 0 saturated heterocycles. The zero-order chi connectivity index (χ0) is 22.9. The summed E-state index contributed by atoms with van der Waals surface area (Å²) in [6, 6.07) is 21.5. The van der Waals surface area contributed by atoms with Crippen LogP contribution in [0.3, 0.4) is 0 Å². The second kappa shape index (κ2) is 11.5. The minimum Gasteiger partial charge on any atom is -0.495 e. The summed E-state index contributed by atoms with van der Waals surface area (Å²) in [5.74, 6) is 0.747. The van der Waals surface area contributed by atoms with Crippen LogP contribution in [0, 0.1) is 0 Å². The van der Waals surface area contributed by atoms with Gasteiger partial charge in [-0.2, -0.15) is 0 Å². The van der Waals surface area contributed by atoms with Gasteiger partial charge in [-0.1, -0.05) is 29.8 Å². The number of carbonyl (C=O) groups excluding carboxylic acids is 2. The number of hydrogen-bond acceptors (Lipinski definition) is 5. The fraction of sp³-hybridized carbons (Fsp3) is 0.167. The van der Waals surface area contributed by atoms with Crippen molar-refractivity contribution in [2.75, 3.05) is 24.4 Å². The van der Waals surface area contributed by atoms with Crippen LogP contribution in [0.5, 0.6) is 11.5 Å². The van der Waals surface area contributed by atoms with Crippen molar-refractivity contribution < 1.29 is 19.1 Å². The van der Waals surface area contributed by atoms with Crippen LogP contribution in [-0.2, 0) is 9.59 Å². The molecule has 3 aromatic carbocycles. The summed E-state index contributed by atoms with van der Waals surface area (Å²) in [5.41, 5.74) is 1.17. The average Bonchev–Trinajstić information content (AvgIpc) is 2.80. The van der Waals surface area contributed by atoms with Crippen molar-refractivity contribution >= 4 is 46.6 Å². The molecule has 0 aromatic heterocycles. The third kappa shape index (κ3) is 6.93. The minimum atomic E-state index is -0.363. The topological polar surface area (TPSA) is 76.7 Å². The van der Waals surface area contributed by atoms with E-state index in [4.69, 9.17) is 21.1 Å². The summed E-state index contributed by atoms with van der Waals surface area (Å²) in [6.45, 7) is 1.73. The Bertz CT molecular complexity index is 1060. The van der Waals surface area contributed by atoms with Gasteiger partial charge in [-0.3, -0.25) is 9.59 Å². The van der Waals surface area contributed by atoms with Crippen LogP contribution in [-0.4, -0.2) is 30.8 Å². The molecule has 32 heavy (non-hydrogen) atoms. The molecule has 0 radical (unpaired) electrons. The normalized spacial score (nSPS) is 11.3. The smallest absolute Gasteiger partial charge is 0.262 e. The van der Waals surface area contributed by atoms with E-state index in [9.17, 15) is 9.59 Å². The van der Waals surface area contributed by atoms with Crippen molar-refractivity contribution in [2.45, 2.75) is 17.1 Å². The second-order valence-electron chi connectivity index (χ2n) is 6.77. The number of thioether (sulfide) groups is 1. The molecule has 166 valence electrons. The standard InChI is InChI=1S/C24H23ClN2O4S/c1-16(24(29)27-21-14-17(25)8-13-22(21)30-2)32-20-11-9-18(10-12-20)26-23(28)15-31-19-6-4-3-5-7-19/h3-14,16H,15H2,1-2H3,(H,26,28)(H,27,29). The summed E-state index contributed by atoms with van der Waals surface area (Å²) >= 11 is 7.42. The molecule has 0 aliphatic carbocycles. The van der Waals surface area contributed by atoms with Crippen molar-refractivity contribution in [1.29, 1.82) is 0 Å². The van der Waals surface area contributed by atoms with Crippen LogP contribution >= 0.6 is 23.4 Å². The number of ether oxygens (including phenoxy) is 2. The molecule has 6 nitrogen and oxygen atoms in total. The number of amides is 2. The zero-order valence-corrected chi connectivity index (χ0v) is 19.2. The number of nitrogens with one attached hydrogen (secondary N) is 2. The van der Waals surface area contributed by atoms with Gasteiger partial charge in [0.25, 0.3) is 5.91 Å². The lowest BCUT2D eigenvalue weighted by atomic mass is 10.3. The van der Waals surface area contributed by atoms with Gasteiger partial charge in [0.05, 0.1) is 18.0 Å². The van der Waals surface area contributed by atoms with Gasteiger partial charge in [-0.15, -0.1) is 11.8 Å². The van der Waals surface area contributed by atoms with Gasteiger partial charge in [-0.25, -0.2) is 0 Å². The van der Waals surface area contributed by atoms with Crippen molar-refractivity contribution in [3.8, 4) is 11.5 Å². The Morgan fingerprint density at radius 1 is 1.00 bits per heavy atom. The highest BCUT2D eigenvalue weighted by Gasteiger charge is 2.17. The van der Waals surface area contributed by atoms with Crippen molar-refractivity contribution in [3.63, 3.8) is 0 Å². The third-order valence-electron chi connectivity index (χ3n) is 4.35. The van der Waals surface area contributed by atoms with E-state index in [1.54, 1.807) is 42.5 Å². The number of para-hydroxylation sites is 1. The number of carbonyl (C=O) groups is 2. The quantitative estimate of drug-likeness (QED) is 0.404. The molecule has 8 heteroatoms. The number of benzene rings is 3. The second-order valence-corrected chi connectivity index (χ2v) is 8.62. The van der Waals surface area contributed by atoms with E-state index in [-0.39, 0.29) is 23.7 Å². The van der Waals surface area contributed by atoms with E-state index in [1.165, 1.54) is 18.9 Å². The largest absolute Gasteiger partial charge is 0.495 e. The average molecular weight is 471 g/mol. The molecule has 0 saturated carbocycles. The first kappa shape index (κ1) is 23.5. The Labute approximate surface area is 196 Å². The van der Waals surface area contributed by atoms with Gasteiger partial charge in [0.2, 0.25) is 5.91 Å². The summed E-state index contributed by atoms with van der Waals surface area (Å²) in [4.78, 5) is 25.6. The maximum absolute atomic E-state index is 12.6. The Hall–Kier alpha value is -3.16.